The third-order valence-corrected chi connectivity index (χ3v) is 4.46. The van der Waals surface area contributed by atoms with E-state index in [4.69, 9.17) is 5.73 Å². The largest absolute Gasteiger partial charge is 0.398 e. The number of hydrogen-bond acceptors (Lipinski definition) is 4. The number of likely N-dealkylation sites (tertiary alicyclic amines) is 1. The summed E-state index contributed by atoms with van der Waals surface area (Å²) in [5.41, 5.74) is 9.15. The molecule has 0 bridgehead atoms. The van der Waals surface area contributed by atoms with Crippen LogP contribution < -0.4 is 5.73 Å². The van der Waals surface area contributed by atoms with Gasteiger partial charge in [0.1, 0.15) is 0 Å². The fourth-order valence-electron chi connectivity index (χ4n) is 3.00. The maximum atomic E-state index is 12.7. The second kappa shape index (κ2) is 6.38. The first kappa shape index (κ1) is 15.5. The van der Waals surface area contributed by atoms with E-state index in [9.17, 15) is 4.79 Å². The van der Waals surface area contributed by atoms with Crippen molar-refractivity contribution in [2.75, 3.05) is 32.9 Å². The molecule has 0 saturated carbocycles. The molecule has 3 rings (SSSR count). The van der Waals surface area contributed by atoms with Gasteiger partial charge in [0.15, 0.2) is 0 Å². The average Bonchev–Trinajstić information content (AvgIpc) is 3.05. The maximum absolute atomic E-state index is 12.7. The highest BCUT2D eigenvalue weighted by Gasteiger charge is 2.28. The highest BCUT2D eigenvalue weighted by atomic mass is 16.2. The molecule has 2 N–H and O–H groups in total. The molecule has 0 spiro atoms. The van der Waals surface area contributed by atoms with Gasteiger partial charge in [-0.3, -0.25) is 9.78 Å². The SMILES string of the molecule is CN(C)C1CCN(C(=O)c2cccc(-c3cnccc3N)c2)C1. The van der Waals surface area contributed by atoms with Gasteiger partial charge in [-0.2, -0.15) is 0 Å². The van der Waals surface area contributed by atoms with E-state index < -0.39 is 0 Å². The summed E-state index contributed by atoms with van der Waals surface area (Å²) in [6.45, 7) is 1.59. The zero-order chi connectivity index (χ0) is 16.4. The lowest BCUT2D eigenvalue weighted by molar-refractivity contribution is 0.0783. The number of anilines is 1. The summed E-state index contributed by atoms with van der Waals surface area (Å²) in [6.07, 6.45) is 4.42. The monoisotopic (exact) mass is 310 g/mol. The van der Waals surface area contributed by atoms with Crippen molar-refractivity contribution >= 4 is 11.6 Å². The molecule has 1 aliphatic rings. The van der Waals surface area contributed by atoms with Gasteiger partial charge in [-0.15, -0.1) is 0 Å². The quantitative estimate of drug-likeness (QED) is 0.943. The van der Waals surface area contributed by atoms with E-state index in [1.807, 2.05) is 29.2 Å². The van der Waals surface area contributed by atoms with Gasteiger partial charge in [-0.1, -0.05) is 12.1 Å². The third kappa shape index (κ3) is 3.19. The third-order valence-electron chi connectivity index (χ3n) is 4.46. The molecule has 1 fully saturated rings. The molecule has 2 aromatic rings. The number of likely N-dealkylation sites (N-methyl/N-ethyl adjacent to an activating group) is 1. The molecular weight excluding hydrogens is 288 g/mol. The molecule has 1 aromatic heterocycles. The summed E-state index contributed by atoms with van der Waals surface area (Å²) in [5, 5.41) is 0. The van der Waals surface area contributed by atoms with Crippen LogP contribution in [0.3, 0.4) is 0 Å². The van der Waals surface area contributed by atoms with Crippen LogP contribution in [0.25, 0.3) is 11.1 Å². The predicted molar refractivity (Wildman–Crippen MR) is 92.1 cm³/mol. The lowest BCUT2D eigenvalue weighted by Crippen LogP contribution is -2.34. The van der Waals surface area contributed by atoms with Gasteiger partial charge in [0.05, 0.1) is 0 Å². The van der Waals surface area contributed by atoms with E-state index in [1.54, 1.807) is 18.5 Å². The lowest BCUT2D eigenvalue weighted by atomic mass is 10.0. The molecule has 1 aliphatic heterocycles. The van der Waals surface area contributed by atoms with Gasteiger partial charge in [0.25, 0.3) is 5.91 Å². The minimum Gasteiger partial charge on any atom is -0.398 e. The van der Waals surface area contributed by atoms with Crippen LogP contribution >= 0.6 is 0 Å². The molecule has 1 atom stereocenters. The molecule has 1 saturated heterocycles. The zero-order valence-electron chi connectivity index (χ0n) is 13.6. The number of hydrogen-bond donors (Lipinski definition) is 1. The highest BCUT2D eigenvalue weighted by molar-refractivity contribution is 5.96. The minimum atomic E-state index is 0.0821. The molecule has 5 heteroatoms. The van der Waals surface area contributed by atoms with Crippen molar-refractivity contribution in [1.82, 2.24) is 14.8 Å². The van der Waals surface area contributed by atoms with Gasteiger partial charge < -0.3 is 15.5 Å². The highest BCUT2D eigenvalue weighted by Crippen LogP contribution is 2.26. The number of carbonyl (C=O) groups excluding carboxylic acids is 1. The maximum Gasteiger partial charge on any atom is 0.253 e. The number of carbonyl (C=O) groups is 1. The molecule has 5 nitrogen and oxygen atoms in total. The van der Waals surface area contributed by atoms with E-state index in [0.717, 1.165) is 30.6 Å². The number of rotatable bonds is 3. The van der Waals surface area contributed by atoms with Crippen LogP contribution in [0.2, 0.25) is 0 Å². The first-order chi connectivity index (χ1) is 11.1. The standard InChI is InChI=1S/C18H22N4O/c1-21(2)15-7-9-22(12-15)18(23)14-5-3-4-13(10-14)16-11-20-8-6-17(16)19/h3-6,8,10-11,15H,7,9,12H2,1-2H3,(H2,19,20). The smallest absolute Gasteiger partial charge is 0.253 e. The number of nitrogens with zero attached hydrogens (tertiary/aromatic N) is 3. The van der Waals surface area contributed by atoms with Crippen molar-refractivity contribution in [3.63, 3.8) is 0 Å². The number of aromatic nitrogens is 1. The Morgan fingerprint density at radius 2 is 2.17 bits per heavy atom. The Balaban J connectivity index is 1.83. The zero-order valence-corrected chi connectivity index (χ0v) is 13.6. The second-order valence-corrected chi connectivity index (χ2v) is 6.20. The Labute approximate surface area is 136 Å². The van der Waals surface area contributed by atoms with Crippen LogP contribution in [-0.2, 0) is 0 Å². The van der Waals surface area contributed by atoms with Crippen LogP contribution in [-0.4, -0.2) is 53.9 Å². The molecule has 1 amide bonds. The number of pyridine rings is 1. The number of benzene rings is 1. The number of nitrogen functional groups attached to an aromatic ring is 1. The Bertz CT molecular complexity index is 714. The summed E-state index contributed by atoms with van der Waals surface area (Å²) in [6, 6.07) is 9.83. The molecular formula is C18H22N4O. The molecule has 0 radical (unpaired) electrons. The van der Waals surface area contributed by atoms with E-state index in [0.29, 0.717) is 17.3 Å². The van der Waals surface area contributed by atoms with Gasteiger partial charge >= 0.3 is 0 Å². The van der Waals surface area contributed by atoms with Gasteiger partial charge in [0.2, 0.25) is 0 Å². The molecule has 1 unspecified atom stereocenters. The minimum absolute atomic E-state index is 0.0821. The van der Waals surface area contributed by atoms with E-state index in [1.165, 1.54) is 0 Å². The van der Waals surface area contributed by atoms with Crippen LogP contribution in [0.5, 0.6) is 0 Å². The Kier molecular flexibility index (Phi) is 4.30. The molecule has 2 heterocycles. The summed E-state index contributed by atoms with van der Waals surface area (Å²) in [4.78, 5) is 21.0. The van der Waals surface area contributed by atoms with Crippen molar-refractivity contribution in [3.05, 3.63) is 48.3 Å². The summed E-state index contributed by atoms with van der Waals surface area (Å²) in [7, 11) is 4.12. The summed E-state index contributed by atoms with van der Waals surface area (Å²) >= 11 is 0. The van der Waals surface area contributed by atoms with Crippen molar-refractivity contribution in [3.8, 4) is 11.1 Å². The first-order valence-electron chi connectivity index (χ1n) is 7.82. The van der Waals surface area contributed by atoms with Crippen molar-refractivity contribution in [2.45, 2.75) is 12.5 Å². The van der Waals surface area contributed by atoms with Gasteiger partial charge in [-0.05, 0) is 44.3 Å². The van der Waals surface area contributed by atoms with Crippen LogP contribution in [0, 0.1) is 0 Å². The van der Waals surface area contributed by atoms with Crippen LogP contribution in [0.15, 0.2) is 42.7 Å². The Morgan fingerprint density at radius 1 is 1.35 bits per heavy atom. The van der Waals surface area contributed by atoms with Crippen molar-refractivity contribution in [2.24, 2.45) is 0 Å². The van der Waals surface area contributed by atoms with E-state index >= 15 is 0 Å². The summed E-state index contributed by atoms with van der Waals surface area (Å²) < 4.78 is 0. The fourth-order valence-corrected chi connectivity index (χ4v) is 3.00. The Hall–Kier alpha value is -2.40. The normalized spacial score (nSPS) is 17.7. The summed E-state index contributed by atoms with van der Waals surface area (Å²) in [5.74, 6) is 0.0821. The Morgan fingerprint density at radius 3 is 2.87 bits per heavy atom. The topological polar surface area (TPSA) is 62.5 Å². The first-order valence-corrected chi connectivity index (χ1v) is 7.82. The van der Waals surface area contributed by atoms with Gasteiger partial charge in [0, 0.05) is 48.3 Å². The number of nitrogens with two attached hydrogens (primary N) is 1. The van der Waals surface area contributed by atoms with E-state index in [2.05, 4.69) is 24.0 Å². The van der Waals surface area contributed by atoms with Crippen molar-refractivity contribution < 1.29 is 4.79 Å². The van der Waals surface area contributed by atoms with Gasteiger partial charge in [-0.25, -0.2) is 0 Å². The second-order valence-electron chi connectivity index (χ2n) is 6.20. The fraction of sp³-hybridized carbons (Fsp3) is 0.333. The van der Waals surface area contributed by atoms with Crippen LogP contribution in [0.1, 0.15) is 16.8 Å². The average molecular weight is 310 g/mol. The van der Waals surface area contributed by atoms with Crippen LogP contribution in [0.4, 0.5) is 5.69 Å². The van der Waals surface area contributed by atoms with E-state index in [-0.39, 0.29) is 5.91 Å². The number of amides is 1. The molecule has 23 heavy (non-hydrogen) atoms. The molecule has 120 valence electrons. The molecule has 0 aliphatic carbocycles. The lowest BCUT2D eigenvalue weighted by Gasteiger charge is -2.20. The predicted octanol–water partition coefficient (Wildman–Crippen LogP) is 2.11. The van der Waals surface area contributed by atoms with Crippen molar-refractivity contribution in [1.29, 1.82) is 0 Å². The molecule has 1 aromatic carbocycles.